The smallest absolute Gasteiger partial charge is 0.418 e. The summed E-state index contributed by atoms with van der Waals surface area (Å²) in [6, 6.07) is 3.56. The summed E-state index contributed by atoms with van der Waals surface area (Å²) in [4.78, 5) is 10.9. The number of ether oxygens (including phenoxy) is 1. The van der Waals surface area contributed by atoms with Gasteiger partial charge in [-0.05, 0) is 37.6 Å². The molecule has 1 aliphatic heterocycles. The summed E-state index contributed by atoms with van der Waals surface area (Å²) in [5.74, 6) is 0. The standard InChI is InChI=1S/C20H23F3N4O2S/c1-24-13-5-3-4-7-27(11-13)19-26-15-10-12(17(28-2)20(21,22)23)9-14(16(15)29-19)18-25-6-8-30-18/h6,8-10,13,17,24H,3-5,7,11H2,1-2H3. The Hall–Kier alpha value is -2.17. The van der Waals surface area contributed by atoms with Crippen molar-refractivity contribution in [3.05, 3.63) is 29.3 Å². The number of alkyl halides is 3. The average molecular weight is 440 g/mol. The predicted octanol–water partition coefficient (Wildman–Crippen LogP) is 4.78. The molecule has 0 radical (unpaired) electrons. The molecule has 2 atom stereocenters. The molecule has 4 rings (SSSR count). The van der Waals surface area contributed by atoms with Crippen molar-refractivity contribution in [1.82, 2.24) is 15.3 Å². The number of oxazole rings is 1. The van der Waals surface area contributed by atoms with Gasteiger partial charge in [-0.15, -0.1) is 11.3 Å². The summed E-state index contributed by atoms with van der Waals surface area (Å²) >= 11 is 1.33. The van der Waals surface area contributed by atoms with Crippen LogP contribution in [0.15, 0.2) is 28.1 Å². The number of rotatable bonds is 5. The van der Waals surface area contributed by atoms with Crippen LogP contribution in [0.4, 0.5) is 19.2 Å². The maximum absolute atomic E-state index is 13.5. The van der Waals surface area contributed by atoms with Crippen LogP contribution < -0.4 is 10.2 Å². The van der Waals surface area contributed by atoms with Crippen LogP contribution in [-0.4, -0.2) is 49.4 Å². The molecule has 0 spiro atoms. The van der Waals surface area contributed by atoms with E-state index in [1.54, 1.807) is 11.6 Å². The number of thiazole rings is 1. The van der Waals surface area contributed by atoms with Crippen LogP contribution in [0, 0.1) is 0 Å². The topological polar surface area (TPSA) is 63.4 Å². The van der Waals surface area contributed by atoms with E-state index in [1.165, 1.54) is 23.5 Å². The van der Waals surface area contributed by atoms with E-state index in [2.05, 4.69) is 20.2 Å². The summed E-state index contributed by atoms with van der Waals surface area (Å²) in [6.45, 7) is 1.51. The molecule has 2 aromatic heterocycles. The third kappa shape index (κ3) is 4.17. The number of nitrogens with zero attached hydrogens (tertiary/aromatic N) is 3. The van der Waals surface area contributed by atoms with E-state index in [4.69, 9.17) is 9.15 Å². The Morgan fingerprint density at radius 3 is 2.83 bits per heavy atom. The number of hydrogen-bond acceptors (Lipinski definition) is 7. The Kier molecular flexibility index (Phi) is 5.99. The number of anilines is 1. The van der Waals surface area contributed by atoms with Gasteiger partial charge in [0.2, 0.25) is 0 Å². The van der Waals surface area contributed by atoms with Gasteiger partial charge in [0, 0.05) is 37.8 Å². The van der Waals surface area contributed by atoms with Crippen LogP contribution in [-0.2, 0) is 4.74 Å². The average Bonchev–Trinajstić information content (AvgIpc) is 3.32. The maximum Gasteiger partial charge on any atom is 0.418 e. The van der Waals surface area contributed by atoms with E-state index < -0.39 is 12.3 Å². The Labute approximate surface area is 176 Å². The largest absolute Gasteiger partial charge is 0.423 e. The predicted molar refractivity (Wildman–Crippen MR) is 110 cm³/mol. The third-order valence-corrected chi connectivity index (χ3v) is 6.16. The molecule has 3 heterocycles. The van der Waals surface area contributed by atoms with Gasteiger partial charge in [-0.1, -0.05) is 6.42 Å². The minimum atomic E-state index is -4.54. The fraction of sp³-hybridized carbons (Fsp3) is 0.500. The van der Waals surface area contributed by atoms with Gasteiger partial charge in [0.25, 0.3) is 6.01 Å². The number of aromatic nitrogens is 2. The zero-order valence-corrected chi connectivity index (χ0v) is 17.5. The molecule has 0 amide bonds. The number of hydrogen-bond donors (Lipinski definition) is 1. The fourth-order valence-electron chi connectivity index (χ4n) is 3.85. The molecule has 2 unspecified atom stereocenters. The summed E-state index contributed by atoms with van der Waals surface area (Å²) in [6.07, 6.45) is -1.82. The highest BCUT2D eigenvalue weighted by atomic mass is 32.1. The number of nitrogens with one attached hydrogen (secondary N) is 1. The first-order valence-corrected chi connectivity index (χ1v) is 10.6. The number of likely N-dealkylation sites (N-methyl/N-ethyl adjacent to an activating group) is 1. The number of benzene rings is 1. The highest BCUT2D eigenvalue weighted by Gasteiger charge is 2.42. The molecule has 1 N–H and O–H groups in total. The van der Waals surface area contributed by atoms with Crippen molar-refractivity contribution in [1.29, 1.82) is 0 Å². The van der Waals surface area contributed by atoms with Gasteiger partial charge in [0.05, 0.1) is 5.56 Å². The Morgan fingerprint density at radius 1 is 1.33 bits per heavy atom. The van der Waals surface area contributed by atoms with E-state index in [-0.39, 0.29) is 5.56 Å². The Morgan fingerprint density at radius 2 is 2.17 bits per heavy atom. The van der Waals surface area contributed by atoms with Crippen LogP contribution in [0.1, 0.15) is 30.9 Å². The minimum absolute atomic E-state index is 0.0217. The Balaban J connectivity index is 1.82. The maximum atomic E-state index is 13.5. The number of halogens is 3. The molecule has 6 nitrogen and oxygen atoms in total. The van der Waals surface area contributed by atoms with Gasteiger partial charge < -0.3 is 19.4 Å². The molecule has 1 aromatic carbocycles. The van der Waals surface area contributed by atoms with Crippen molar-refractivity contribution in [3.8, 4) is 10.6 Å². The van der Waals surface area contributed by atoms with Crippen molar-refractivity contribution in [2.45, 2.75) is 37.6 Å². The lowest BCUT2D eigenvalue weighted by molar-refractivity contribution is -0.215. The SMILES string of the molecule is CNC1CCCCN(c2nc3cc(C(OC)C(F)(F)F)cc(-c4nccs4)c3o2)C1. The first-order chi connectivity index (χ1) is 14.4. The lowest BCUT2D eigenvalue weighted by Crippen LogP contribution is -2.38. The molecule has 162 valence electrons. The second kappa shape index (κ2) is 8.52. The summed E-state index contributed by atoms with van der Waals surface area (Å²) < 4.78 is 51.4. The second-order valence-electron chi connectivity index (χ2n) is 7.34. The Bertz CT molecular complexity index is 990. The molecule has 0 bridgehead atoms. The van der Waals surface area contributed by atoms with E-state index in [0.717, 1.165) is 39.5 Å². The molecular weight excluding hydrogens is 417 g/mol. The number of fused-ring (bicyclic) bond motifs is 1. The van der Waals surface area contributed by atoms with E-state index >= 15 is 0 Å². The van der Waals surface area contributed by atoms with Gasteiger partial charge in [-0.3, -0.25) is 0 Å². The van der Waals surface area contributed by atoms with Crippen molar-refractivity contribution in [3.63, 3.8) is 0 Å². The van der Waals surface area contributed by atoms with Crippen molar-refractivity contribution in [2.75, 3.05) is 32.1 Å². The summed E-state index contributed by atoms with van der Waals surface area (Å²) in [5.41, 5.74) is 1.27. The quantitative estimate of drug-likeness (QED) is 0.616. The third-order valence-electron chi connectivity index (χ3n) is 5.35. The lowest BCUT2D eigenvalue weighted by atomic mass is 10.0. The van der Waals surface area contributed by atoms with Crippen LogP contribution in [0.2, 0.25) is 0 Å². The molecule has 0 saturated carbocycles. The minimum Gasteiger partial charge on any atom is -0.423 e. The molecule has 1 saturated heterocycles. The monoisotopic (exact) mass is 440 g/mol. The molecule has 3 aromatic rings. The summed E-state index contributed by atoms with van der Waals surface area (Å²) in [5, 5.41) is 5.65. The molecule has 10 heteroatoms. The zero-order chi connectivity index (χ0) is 21.3. The van der Waals surface area contributed by atoms with E-state index in [0.29, 0.717) is 33.7 Å². The van der Waals surface area contributed by atoms with Crippen molar-refractivity contribution >= 4 is 28.5 Å². The lowest BCUT2D eigenvalue weighted by Gasteiger charge is -2.22. The van der Waals surface area contributed by atoms with Crippen LogP contribution >= 0.6 is 11.3 Å². The molecular formula is C20H23F3N4O2S. The van der Waals surface area contributed by atoms with Gasteiger partial charge >= 0.3 is 6.18 Å². The summed E-state index contributed by atoms with van der Waals surface area (Å²) in [7, 11) is 2.98. The molecule has 1 fully saturated rings. The zero-order valence-electron chi connectivity index (χ0n) is 16.7. The van der Waals surface area contributed by atoms with E-state index in [1.807, 2.05) is 7.05 Å². The highest BCUT2D eigenvalue weighted by molar-refractivity contribution is 7.13. The van der Waals surface area contributed by atoms with Crippen molar-refractivity contribution < 1.29 is 22.3 Å². The fourth-order valence-corrected chi connectivity index (χ4v) is 4.51. The normalized spacial score (nSPS) is 19.2. The molecule has 1 aliphatic rings. The molecule has 0 aliphatic carbocycles. The first-order valence-electron chi connectivity index (χ1n) is 9.76. The van der Waals surface area contributed by atoms with Gasteiger partial charge in [0.15, 0.2) is 11.7 Å². The van der Waals surface area contributed by atoms with Gasteiger partial charge in [-0.25, -0.2) is 4.98 Å². The van der Waals surface area contributed by atoms with Gasteiger partial charge in [0.1, 0.15) is 10.5 Å². The second-order valence-corrected chi connectivity index (χ2v) is 8.23. The molecule has 30 heavy (non-hydrogen) atoms. The number of methoxy groups -OCH3 is 1. The first kappa shape index (κ1) is 21.1. The van der Waals surface area contributed by atoms with Crippen molar-refractivity contribution in [2.24, 2.45) is 0 Å². The van der Waals surface area contributed by atoms with Gasteiger partial charge in [-0.2, -0.15) is 18.2 Å². The van der Waals surface area contributed by atoms with E-state index in [9.17, 15) is 13.2 Å². The highest BCUT2D eigenvalue weighted by Crippen LogP contribution is 2.41. The van der Waals surface area contributed by atoms with Crippen LogP contribution in [0.25, 0.3) is 21.7 Å². The van der Waals surface area contributed by atoms with Crippen LogP contribution in [0.3, 0.4) is 0 Å². The van der Waals surface area contributed by atoms with Crippen LogP contribution in [0.5, 0.6) is 0 Å².